The third-order valence-corrected chi connectivity index (χ3v) is 13.9. The van der Waals surface area contributed by atoms with Crippen molar-refractivity contribution in [2.75, 3.05) is 13.2 Å². The maximum Gasteiger partial charge on any atom is 0.306 e. The van der Waals surface area contributed by atoms with Crippen molar-refractivity contribution in [1.29, 1.82) is 0 Å². The van der Waals surface area contributed by atoms with Crippen LogP contribution < -0.4 is 0 Å². The van der Waals surface area contributed by atoms with Crippen LogP contribution in [0.15, 0.2) is 85.1 Å². The molecule has 0 N–H and O–H groups in total. The van der Waals surface area contributed by atoms with E-state index < -0.39 is 6.10 Å². The summed E-state index contributed by atoms with van der Waals surface area (Å²) >= 11 is 0. The topological polar surface area (TPSA) is 78.9 Å². The average molecular weight is 1050 g/mol. The molecule has 0 heterocycles. The minimum Gasteiger partial charge on any atom is -0.462 e. The van der Waals surface area contributed by atoms with Crippen molar-refractivity contribution in [2.24, 2.45) is 0 Å². The highest BCUT2D eigenvalue weighted by atomic mass is 16.6. The summed E-state index contributed by atoms with van der Waals surface area (Å²) in [5.41, 5.74) is 0. The fourth-order valence-electron chi connectivity index (χ4n) is 9.13. The van der Waals surface area contributed by atoms with Gasteiger partial charge in [0.1, 0.15) is 13.2 Å². The lowest BCUT2D eigenvalue weighted by Gasteiger charge is -2.18. The van der Waals surface area contributed by atoms with E-state index >= 15 is 0 Å². The van der Waals surface area contributed by atoms with E-state index in [-0.39, 0.29) is 31.1 Å². The van der Waals surface area contributed by atoms with E-state index in [2.05, 4.69) is 106 Å². The molecule has 1 atom stereocenters. The van der Waals surface area contributed by atoms with Gasteiger partial charge >= 0.3 is 17.9 Å². The van der Waals surface area contributed by atoms with Crippen LogP contribution in [-0.4, -0.2) is 37.2 Å². The van der Waals surface area contributed by atoms with Crippen LogP contribution in [0.3, 0.4) is 0 Å². The van der Waals surface area contributed by atoms with Crippen molar-refractivity contribution < 1.29 is 28.6 Å². The second-order valence-corrected chi connectivity index (χ2v) is 21.3. The van der Waals surface area contributed by atoms with Crippen LogP contribution in [0.2, 0.25) is 0 Å². The highest BCUT2D eigenvalue weighted by molar-refractivity contribution is 5.71. The standard InChI is InChI=1S/C69H120O6/c1-4-7-10-13-16-19-21-23-25-27-29-31-32-33-34-35-36-38-39-41-43-45-47-50-53-56-59-62-68(71)74-65-66(64-73-67(70)61-58-55-52-49-18-15-12-9-6-3)75-69(72)63-60-57-54-51-48-46-44-42-40-37-30-28-26-24-22-20-17-14-11-8-5-2/h7,10,16,19,23,25,29,31,33-34,36,38,41,43,66H,4-6,8-9,11-15,17-18,20-22,24,26-28,30,32,35,37,39-40,42,44-65H2,1-3H3/b10-7-,19-16-,25-23-,31-29-,34-33-,38-36-,43-41-. The lowest BCUT2D eigenvalue weighted by atomic mass is 10.0. The number of carbonyl (C=O) groups excluding carboxylic acids is 3. The van der Waals surface area contributed by atoms with E-state index in [0.717, 1.165) is 122 Å². The summed E-state index contributed by atoms with van der Waals surface area (Å²) in [6.07, 6.45) is 83.1. The Balaban J connectivity index is 4.25. The third-order valence-electron chi connectivity index (χ3n) is 13.9. The van der Waals surface area contributed by atoms with Crippen LogP contribution in [0.25, 0.3) is 0 Å². The number of esters is 3. The van der Waals surface area contributed by atoms with Gasteiger partial charge in [0.2, 0.25) is 0 Å². The van der Waals surface area contributed by atoms with Crippen LogP contribution >= 0.6 is 0 Å². The SMILES string of the molecule is CC/C=C\C/C=C\C/C=C\C/C=C\C/C=C\C/C=C\C/C=C\CCCCCCCC(=O)OCC(COC(=O)CCCCCCCCCCC)OC(=O)CCCCCCCCCCCCCCCCCCCCCCC. The zero-order valence-electron chi connectivity index (χ0n) is 49.6. The second kappa shape index (κ2) is 63.1. The summed E-state index contributed by atoms with van der Waals surface area (Å²) in [6, 6.07) is 0. The maximum atomic E-state index is 12.9. The van der Waals surface area contributed by atoms with Gasteiger partial charge in [-0.15, -0.1) is 0 Å². The molecule has 6 heteroatoms. The molecule has 0 saturated heterocycles. The molecule has 1 unspecified atom stereocenters. The number of allylic oxidation sites excluding steroid dienone is 14. The highest BCUT2D eigenvalue weighted by Crippen LogP contribution is 2.17. The molecule has 0 aromatic carbocycles. The number of ether oxygens (including phenoxy) is 3. The van der Waals surface area contributed by atoms with E-state index in [1.165, 1.54) is 154 Å². The average Bonchev–Trinajstić information content (AvgIpc) is 3.41. The lowest BCUT2D eigenvalue weighted by Crippen LogP contribution is -2.30. The van der Waals surface area contributed by atoms with E-state index in [4.69, 9.17) is 14.2 Å². The quantitative estimate of drug-likeness (QED) is 0.0261. The molecule has 6 nitrogen and oxygen atoms in total. The van der Waals surface area contributed by atoms with Gasteiger partial charge < -0.3 is 14.2 Å². The smallest absolute Gasteiger partial charge is 0.306 e. The zero-order chi connectivity index (χ0) is 54.3. The maximum absolute atomic E-state index is 12.9. The van der Waals surface area contributed by atoms with Gasteiger partial charge in [0.05, 0.1) is 0 Å². The van der Waals surface area contributed by atoms with Gasteiger partial charge in [-0.1, -0.05) is 305 Å². The van der Waals surface area contributed by atoms with E-state index in [0.29, 0.717) is 19.3 Å². The Morgan fingerprint density at radius 2 is 0.520 bits per heavy atom. The molecule has 432 valence electrons. The largest absolute Gasteiger partial charge is 0.462 e. The molecule has 0 aromatic heterocycles. The predicted molar refractivity (Wildman–Crippen MR) is 325 cm³/mol. The van der Waals surface area contributed by atoms with Crippen molar-refractivity contribution in [3.05, 3.63) is 85.1 Å². The second-order valence-electron chi connectivity index (χ2n) is 21.3. The van der Waals surface area contributed by atoms with Crippen LogP contribution in [0.5, 0.6) is 0 Å². The van der Waals surface area contributed by atoms with Gasteiger partial charge in [0.25, 0.3) is 0 Å². The Kier molecular flexibility index (Phi) is 60.3. The number of carbonyl (C=O) groups is 3. The van der Waals surface area contributed by atoms with Crippen LogP contribution in [0.4, 0.5) is 0 Å². The van der Waals surface area contributed by atoms with Gasteiger partial charge in [0.15, 0.2) is 6.10 Å². The molecular formula is C69H120O6. The molecule has 0 aliphatic heterocycles. The molecule has 0 bridgehead atoms. The van der Waals surface area contributed by atoms with Crippen molar-refractivity contribution >= 4 is 17.9 Å². The molecule has 0 rings (SSSR count). The predicted octanol–water partition coefficient (Wildman–Crippen LogP) is 21.9. The fraction of sp³-hybridized carbons (Fsp3) is 0.754. The molecule has 0 aromatic rings. The van der Waals surface area contributed by atoms with Gasteiger partial charge in [-0.2, -0.15) is 0 Å². The Bertz CT molecular complexity index is 1430. The normalized spacial score (nSPS) is 12.6. The minimum absolute atomic E-state index is 0.0789. The number of rotatable bonds is 58. The van der Waals surface area contributed by atoms with E-state index in [1.54, 1.807) is 0 Å². The third kappa shape index (κ3) is 61.3. The van der Waals surface area contributed by atoms with Crippen LogP contribution in [0, 0.1) is 0 Å². The number of unbranched alkanes of at least 4 members (excludes halogenated alkanes) is 33. The first-order valence-corrected chi connectivity index (χ1v) is 32.1. The molecule has 0 saturated carbocycles. The lowest BCUT2D eigenvalue weighted by molar-refractivity contribution is -0.167. The first-order valence-electron chi connectivity index (χ1n) is 32.1. The van der Waals surface area contributed by atoms with Crippen molar-refractivity contribution in [3.63, 3.8) is 0 Å². The van der Waals surface area contributed by atoms with Gasteiger partial charge in [-0.05, 0) is 77.0 Å². The van der Waals surface area contributed by atoms with Crippen molar-refractivity contribution in [1.82, 2.24) is 0 Å². The monoisotopic (exact) mass is 1040 g/mol. The molecular weight excluding hydrogens is 925 g/mol. The van der Waals surface area contributed by atoms with E-state index in [1.807, 2.05) is 0 Å². The Morgan fingerprint density at radius 3 is 0.813 bits per heavy atom. The summed E-state index contributed by atoms with van der Waals surface area (Å²) in [5, 5.41) is 0. The summed E-state index contributed by atoms with van der Waals surface area (Å²) in [7, 11) is 0. The molecule has 0 spiro atoms. The van der Waals surface area contributed by atoms with Gasteiger partial charge in [0, 0.05) is 19.3 Å². The summed E-state index contributed by atoms with van der Waals surface area (Å²) in [6.45, 7) is 6.53. The molecule has 0 amide bonds. The van der Waals surface area contributed by atoms with Gasteiger partial charge in [-0.3, -0.25) is 14.4 Å². The molecule has 75 heavy (non-hydrogen) atoms. The first kappa shape index (κ1) is 71.6. The van der Waals surface area contributed by atoms with E-state index in [9.17, 15) is 14.4 Å². The van der Waals surface area contributed by atoms with Crippen LogP contribution in [0.1, 0.15) is 316 Å². The van der Waals surface area contributed by atoms with Crippen LogP contribution in [-0.2, 0) is 28.6 Å². The summed E-state index contributed by atoms with van der Waals surface area (Å²) in [4.78, 5) is 38.2. The minimum atomic E-state index is -0.782. The summed E-state index contributed by atoms with van der Waals surface area (Å²) < 4.78 is 16.9. The van der Waals surface area contributed by atoms with Crippen molar-refractivity contribution in [3.8, 4) is 0 Å². The van der Waals surface area contributed by atoms with Crippen molar-refractivity contribution in [2.45, 2.75) is 322 Å². The first-order chi connectivity index (χ1) is 37.0. The Morgan fingerprint density at radius 1 is 0.280 bits per heavy atom. The Labute approximate surface area is 465 Å². The molecule has 0 aliphatic carbocycles. The fourth-order valence-corrected chi connectivity index (χ4v) is 9.13. The molecule has 0 aliphatic rings. The van der Waals surface area contributed by atoms with Gasteiger partial charge in [-0.25, -0.2) is 0 Å². The molecule has 0 fully saturated rings. The highest BCUT2D eigenvalue weighted by Gasteiger charge is 2.19. The Hall–Kier alpha value is -3.41. The summed E-state index contributed by atoms with van der Waals surface area (Å²) in [5.74, 6) is -0.888. The molecule has 0 radical (unpaired) electrons. The number of hydrogen-bond donors (Lipinski definition) is 0. The zero-order valence-corrected chi connectivity index (χ0v) is 49.6. The number of hydrogen-bond acceptors (Lipinski definition) is 6.